The first-order chi connectivity index (χ1) is 13.3. The number of benzene rings is 1. The second kappa shape index (κ2) is 8.87. The molecule has 1 aliphatic rings. The van der Waals surface area contributed by atoms with Gasteiger partial charge < -0.3 is 14.5 Å². The molecule has 1 fully saturated rings. The summed E-state index contributed by atoms with van der Waals surface area (Å²) < 4.78 is 38.2. The van der Waals surface area contributed by atoms with Crippen molar-refractivity contribution in [2.24, 2.45) is 0 Å². The number of morpholine rings is 1. The van der Waals surface area contributed by atoms with E-state index in [1.54, 1.807) is 24.3 Å². The molecular weight excluding hydrogens is 382 g/mol. The fourth-order valence-electron chi connectivity index (χ4n) is 3.22. The maximum atomic E-state index is 12.5. The molecule has 1 amide bonds. The van der Waals surface area contributed by atoms with E-state index in [1.807, 2.05) is 18.7 Å². The molecule has 1 aromatic heterocycles. The highest BCUT2D eigenvalue weighted by Crippen LogP contribution is 2.17. The van der Waals surface area contributed by atoms with Crippen LogP contribution in [0.3, 0.4) is 0 Å². The van der Waals surface area contributed by atoms with Crippen LogP contribution in [0.25, 0.3) is 0 Å². The summed E-state index contributed by atoms with van der Waals surface area (Å²) in [5.41, 5.74) is 0.431. The van der Waals surface area contributed by atoms with Gasteiger partial charge in [0.15, 0.2) is 0 Å². The summed E-state index contributed by atoms with van der Waals surface area (Å²) in [4.78, 5) is 14.5. The normalized spacial score (nSPS) is 20.8. The number of amides is 1. The Morgan fingerprint density at radius 3 is 2.61 bits per heavy atom. The number of furan rings is 1. The maximum Gasteiger partial charge on any atom is 0.241 e. The van der Waals surface area contributed by atoms with E-state index in [-0.39, 0.29) is 36.1 Å². The number of hydrogen-bond donors (Lipinski definition) is 2. The van der Waals surface area contributed by atoms with Gasteiger partial charge in [0.05, 0.1) is 36.5 Å². The average Bonchev–Trinajstić information content (AvgIpc) is 3.13. The lowest BCUT2D eigenvalue weighted by Crippen LogP contribution is -2.48. The molecule has 0 aliphatic carbocycles. The van der Waals surface area contributed by atoms with Crippen LogP contribution < -0.4 is 10.0 Å². The zero-order valence-corrected chi connectivity index (χ0v) is 16.7. The zero-order chi connectivity index (χ0) is 20.1. The number of carbonyl (C=O) groups is 1. The fraction of sp³-hybridized carbons (Fsp3) is 0.421. The molecule has 1 aliphatic heterocycles. The predicted molar refractivity (Wildman–Crippen MR) is 104 cm³/mol. The van der Waals surface area contributed by atoms with Crippen molar-refractivity contribution in [3.63, 3.8) is 0 Å². The van der Waals surface area contributed by atoms with E-state index >= 15 is 0 Å². The molecular formula is C19H25N3O5S. The minimum absolute atomic E-state index is 0.0549. The van der Waals surface area contributed by atoms with Crippen LogP contribution >= 0.6 is 0 Å². The number of carbonyl (C=O) groups excluding carboxylic acids is 1. The van der Waals surface area contributed by atoms with Gasteiger partial charge in [-0.15, -0.1) is 0 Å². The van der Waals surface area contributed by atoms with Crippen molar-refractivity contribution < 1.29 is 22.4 Å². The van der Waals surface area contributed by atoms with E-state index in [9.17, 15) is 13.2 Å². The number of anilines is 1. The molecule has 2 heterocycles. The molecule has 1 saturated heterocycles. The number of nitrogens with one attached hydrogen (secondary N) is 2. The van der Waals surface area contributed by atoms with Gasteiger partial charge >= 0.3 is 0 Å². The highest BCUT2D eigenvalue weighted by Gasteiger charge is 2.24. The third-order valence-corrected chi connectivity index (χ3v) is 5.71. The van der Waals surface area contributed by atoms with Crippen molar-refractivity contribution in [1.29, 1.82) is 0 Å². The molecule has 2 atom stereocenters. The minimum Gasteiger partial charge on any atom is -0.468 e. The van der Waals surface area contributed by atoms with Gasteiger partial charge in [-0.1, -0.05) is 6.07 Å². The van der Waals surface area contributed by atoms with E-state index in [0.29, 0.717) is 24.5 Å². The molecule has 28 heavy (non-hydrogen) atoms. The predicted octanol–water partition coefficient (Wildman–Crippen LogP) is 1.81. The third kappa shape index (κ3) is 5.65. The van der Waals surface area contributed by atoms with Crippen molar-refractivity contribution >= 4 is 21.6 Å². The van der Waals surface area contributed by atoms with Crippen LogP contribution in [0, 0.1) is 0 Å². The first kappa shape index (κ1) is 20.5. The molecule has 2 N–H and O–H groups in total. The topological polar surface area (TPSA) is 101 Å². The summed E-state index contributed by atoms with van der Waals surface area (Å²) in [6.07, 6.45) is 1.63. The number of hydrogen-bond acceptors (Lipinski definition) is 6. The largest absolute Gasteiger partial charge is 0.468 e. The molecule has 0 unspecified atom stereocenters. The molecule has 1 aromatic carbocycles. The van der Waals surface area contributed by atoms with Gasteiger partial charge in [-0.2, -0.15) is 0 Å². The van der Waals surface area contributed by atoms with Crippen LogP contribution in [0.5, 0.6) is 0 Å². The van der Waals surface area contributed by atoms with Crippen LogP contribution in [-0.4, -0.2) is 51.1 Å². The lowest BCUT2D eigenvalue weighted by atomic mass is 10.2. The number of sulfonamides is 1. The fourth-order valence-corrected chi connectivity index (χ4v) is 4.26. The summed E-state index contributed by atoms with van der Waals surface area (Å²) in [7, 11) is -3.72. The highest BCUT2D eigenvalue weighted by molar-refractivity contribution is 7.89. The molecule has 8 nitrogen and oxygen atoms in total. The van der Waals surface area contributed by atoms with Gasteiger partial charge in [0.25, 0.3) is 0 Å². The lowest BCUT2D eigenvalue weighted by Gasteiger charge is -2.34. The summed E-state index contributed by atoms with van der Waals surface area (Å²) in [6, 6.07) is 9.55. The third-order valence-electron chi connectivity index (χ3n) is 4.31. The maximum absolute atomic E-state index is 12.5. The Hall–Kier alpha value is -2.20. The van der Waals surface area contributed by atoms with Gasteiger partial charge in [0, 0.05) is 18.8 Å². The molecule has 9 heteroatoms. The van der Waals surface area contributed by atoms with Gasteiger partial charge in [0.1, 0.15) is 5.76 Å². The highest BCUT2D eigenvalue weighted by atomic mass is 32.2. The monoisotopic (exact) mass is 407 g/mol. The van der Waals surface area contributed by atoms with E-state index in [1.165, 1.54) is 18.4 Å². The second-order valence-electron chi connectivity index (χ2n) is 6.93. The molecule has 152 valence electrons. The summed E-state index contributed by atoms with van der Waals surface area (Å²) in [5.74, 6) is 0.321. The Kier molecular flexibility index (Phi) is 6.50. The van der Waals surface area contributed by atoms with E-state index in [2.05, 4.69) is 10.0 Å². The van der Waals surface area contributed by atoms with Crippen LogP contribution in [0.4, 0.5) is 5.69 Å². The summed E-state index contributed by atoms with van der Waals surface area (Å²) in [5, 5.41) is 2.77. The Morgan fingerprint density at radius 1 is 1.18 bits per heavy atom. The Morgan fingerprint density at radius 2 is 1.93 bits per heavy atom. The first-order valence-electron chi connectivity index (χ1n) is 9.11. The minimum atomic E-state index is -3.72. The molecule has 0 radical (unpaired) electrons. The van der Waals surface area contributed by atoms with Crippen molar-refractivity contribution in [3.05, 3.63) is 48.4 Å². The van der Waals surface area contributed by atoms with Crippen molar-refractivity contribution in [2.45, 2.75) is 37.5 Å². The van der Waals surface area contributed by atoms with E-state index in [0.717, 1.165) is 0 Å². The summed E-state index contributed by atoms with van der Waals surface area (Å²) >= 11 is 0. The van der Waals surface area contributed by atoms with Crippen LogP contribution in [-0.2, 0) is 26.1 Å². The van der Waals surface area contributed by atoms with Gasteiger partial charge in [0.2, 0.25) is 15.9 Å². The SMILES string of the molecule is C[C@@H]1CN(CC(=O)Nc2cccc(S(=O)(=O)NCc3ccco3)c2)C[C@@H](C)O1. The molecule has 0 spiro atoms. The number of nitrogens with zero attached hydrogens (tertiary/aromatic N) is 1. The first-order valence-corrected chi connectivity index (χ1v) is 10.6. The Bertz CT molecular complexity index is 888. The number of ether oxygens (including phenoxy) is 1. The van der Waals surface area contributed by atoms with E-state index in [4.69, 9.17) is 9.15 Å². The van der Waals surface area contributed by atoms with Gasteiger partial charge in [-0.25, -0.2) is 13.1 Å². The second-order valence-corrected chi connectivity index (χ2v) is 8.70. The molecule has 0 bridgehead atoms. The van der Waals surface area contributed by atoms with Crippen LogP contribution in [0.1, 0.15) is 19.6 Å². The average molecular weight is 407 g/mol. The zero-order valence-electron chi connectivity index (χ0n) is 15.9. The standard InChI is InChI=1S/C19H25N3O5S/c1-14-11-22(12-15(2)27-14)13-19(23)21-16-5-3-7-18(9-16)28(24,25)20-10-17-6-4-8-26-17/h3-9,14-15,20H,10-13H2,1-2H3,(H,21,23)/t14-,15-/m1/s1. The number of rotatable bonds is 7. The van der Waals surface area contributed by atoms with E-state index < -0.39 is 10.0 Å². The lowest BCUT2D eigenvalue weighted by molar-refractivity contribution is -0.121. The quantitative estimate of drug-likeness (QED) is 0.726. The smallest absolute Gasteiger partial charge is 0.241 e. The van der Waals surface area contributed by atoms with Gasteiger partial charge in [-0.05, 0) is 44.2 Å². The van der Waals surface area contributed by atoms with Crippen LogP contribution in [0.15, 0.2) is 52.0 Å². The van der Waals surface area contributed by atoms with Crippen molar-refractivity contribution in [2.75, 3.05) is 25.0 Å². The van der Waals surface area contributed by atoms with Gasteiger partial charge in [-0.3, -0.25) is 9.69 Å². The molecule has 2 aromatic rings. The summed E-state index contributed by atoms with van der Waals surface area (Å²) in [6.45, 7) is 5.60. The van der Waals surface area contributed by atoms with Crippen LogP contribution in [0.2, 0.25) is 0 Å². The molecule has 3 rings (SSSR count). The van der Waals surface area contributed by atoms with Crippen molar-refractivity contribution in [3.8, 4) is 0 Å². The Balaban J connectivity index is 1.60. The van der Waals surface area contributed by atoms with Crippen molar-refractivity contribution in [1.82, 2.24) is 9.62 Å². The Labute approximate surface area is 164 Å². The molecule has 0 saturated carbocycles.